The first-order valence-corrected chi connectivity index (χ1v) is 8.80. The highest BCUT2D eigenvalue weighted by molar-refractivity contribution is 6.35. The highest BCUT2D eigenvalue weighted by Gasteiger charge is 2.29. The number of amides is 1. The van der Waals surface area contributed by atoms with Crippen molar-refractivity contribution >= 4 is 29.2 Å². The van der Waals surface area contributed by atoms with Crippen molar-refractivity contribution < 1.29 is 24.2 Å². The van der Waals surface area contributed by atoms with Crippen LogP contribution in [-0.2, 0) is 17.6 Å². The average Bonchev–Trinajstić information content (AvgIpc) is 3.17. The predicted molar refractivity (Wildman–Crippen MR) is 100 cm³/mol. The van der Waals surface area contributed by atoms with Gasteiger partial charge in [0.1, 0.15) is 0 Å². The number of aromatic amines is 1. The van der Waals surface area contributed by atoms with Gasteiger partial charge in [-0.2, -0.15) is 0 Å². The number of fused-ring (bicyclic) bond motifs is 2. The van der Waals surface area contributed by atoms with Crippen molar-refractivity contribution in [3.8, 4) is 11.5 Å². The number of methoxy groups -OCH3 is 2. The third-order valence-electron chi connectivity index (χ3n) is 5.13. The fraction of sp³-hybridized carbons (Fsp3) is 0.300. The maximum Gasteiger partial charge on any atom is 0.338 e. The zero-order valence-corrected chi connectivity index (χ0v) is 15.1. The summed E-state index contributed by atoms with van der Waals surface area (Å²) in [7, 11) is 3.06. The number of hydrogen-bond donors (Lipinski definition) is 3. The third-order valence-corrected chi connectivity index (χ3v) is 5.13. The number of carboxylic acids is 1. The number of aromatic nitrogens is 1. The SMILES string of the molecule is COc1cc2c(cc1OC)C(=Cc1[nH]c3c(c1C(=O)O)CCCC3)C(=O)N2. The number of aryl methyl sites for hydroxylation is 1. The van der Waals surface area contributed by atoms with E-state index in [-0.39, 0.29) is 11.5 Å². The fourth-order valence-electron chi connectivity index (χ4n) is 3.86. The number of benzene rings is 1. The van der Waals surface area contributed by atoms with Gasteiger partial charge < -0.3 is 24.9 Å². The normalized spacial score (nSPS) is 16.7. The Labute approximate surface area is 156 Å². The minimum atomic E-state index is -0.979. The first kappa shape index (κ1) is 17.2. The lowest BCUT2D eigenvalue weighted by Gasteiger charge is -2.10. The molecule has 1 amide bonds. The molecule has 1 aromatic carbocycles. The van der Waals surface area contributed by atoms with E-state index < -0.39 is 5.97 Å². The van der Waals surface area contributed by atoms with Gasteiger partial charge in [-0.05, 0) is 43.4 Å². The van der Waals surface area contributed by atoms with Crippen LogP contribution in [0, 0.1) is 0 Å². The van der Waals surface area contributed by atoms with Crippen molar-refractivity contribution in [2.24, 2.45) is 0 Å². The molecule has 7 nitrogen and oxygen atoms in total. The molecule has 0 spiro atoms. The Bertz CT molecular complexity index is 987. The van der Waals surface area contributed by atoms with E-state index in [1.165, 1.54) is 14.2 Å². The summed E-state index contributed by atoms with van der Waals surface area (Å²) in [4.78, 5) is 27.6. The molecular formula is C20H20N2O5. The van der Waals surface area contributed by atoms with Gasteiger partial charge in [-0.25, -0.2) is 4.79 Å². The summed E-state index contributed by atoms with van der Waals surface area (Å²) in [6, 6.07) is 3.42. The summed E-state index contributed by atoms with van der Waals surface area (Å²) < 4.78 is 10.6. The van der Waals surface area contributed by atoms with E-state index in [0.717, 1.165) is 36.9 Å². The van der Waals surface area contributed by atoms with Gasteiger partial charge in [-0.3, -0.25) is 4.79 Å². The smallest absolute Gasteiger partial charge is 0.338 e. The Kier molecular flexibility index (Phi) is 4.14. The van der Waals surface area contributed by atoms with Crippen LogP contribution >= 0.6 is 0 Å². The number of aromatic carboxylic acids is 1. The molecular weight excluding hydrogens is 348 g/mol. The van der Waals surface area contributed by atoms with Crippen LogP contribution in [-0.4, -0.2) is 36.2 Å². The van der Waals surface area contributed by atoms with Gasteiger partial charge >= 0.3 is 5.97 Å². The van der Waals surface area contributed by atoms with E-state index >= 15 is 0 Å². The van der Waals surface area contributed by atoms with Crippen molar-refractivity contribution in [2.45, 2.75) is 25.7 Å². The molecule has 0 radical (unpaired) electrons. The second-order valence-corrected chi connectivity index (χ2v) is 6.65. The summed E-state index contributed by atoms with van der Waals surface area (Å²) in [5.41, 5.74) is 4.19. The van der Waals surface area contributed by atoms with E-state index in [1.807, 2.05) is 0 Å². The number of rotatable bonds is 4. The molecule has 0 atom stereocenters. The number of anilines is 1. The monoisotopic (exact) mass is 368 g/mol. The van der Waals surface area contributed by atoms with Gasteiger partial charge in [0.15, 0.2) is 11.5 Å². The first-order valence-electron chi connectivity index (χ1n) is 8.80. The lowest BCUT2D eigenvalue weighted by molar-refractivity contribution is -0.110. The molecule has 2 aliphatic rings. The summed E-state index contributed by atoms with van der Waals surface area (Å²) in [6.45, 7) is 0. The number of nitrogens with one attached hydrogen (secondary N) is 2. The molecule has 4 rings (SSSR count). The first-order chi connectivity index (χ1) is 13.0. The number of H-pyrrole nitrogens is 1. The average molecular weight is 368 g/mol. The number of carbonyl (C=O) groups is 2. The molecule has 1 aliphatic carbocycles. The quantitative estimate of drug-likeness (QED) is 0.720. The fourth-order valence-corrected chi connectivity index (χ4v) is 3.86. The van der Waals surface area contributed by atoms with Gasteiger partial charge in [0.05, 0.1) is 36.7 Å². The Morgan fingerprint density at radius 3 is 2.56 bits per heavy atom. The van der Waals surface area contributed by atoms with E-state index in [4.69, 9.17) is 9.47 Å². The van der Waals surface area contributed by atoms with Crippen LogP contribution < -0.4 is 14.8 Å². The summed E-state index contributed by atoms with van der Waals surface area (Å²) in [5, 5.41) is 12.5. The van der Waals surface area contributed by atoms with Gasteiger partial charge in [0.2, 0.25) is 0 Å². The Morgan fingerprint density at radius 2 is 1.85 bits per heavy atom. The molecule has 2 aromatic rings. The van der Waals surface area contributed by atoms with Crippen LogP contribution in [0.2, 0.25) is 0 Å². The second-order valence-electron chi connectivity index (χ2n) is 6.65. The van der Waals surface area contributed by atoms with Gasteiger partial charge in [0.25, 0.3) is 5.91 Å². The minimum absolute atomic E-state index is 0.263. The second kappa shape index (κ2) is 6.50. The summed E-state index contributed by atoms with van der Waals surface area (Å²) in [5.74, 6) is -0.251. The molecule has 0 fully saturated rings. The van der Waals surface area contributed by atoms with E-state index in [1.54, 1.807) is 18.2 Å². The Morgan fingerprint density at radius 1 is 1.15 bits per heavy atom. The summed E-state index contributed by atoms with van der Waals surface area (Å²) >= 11 is 0. The van der Waals surface area contributed by atoms with E-state index in [2.05, 4.69) is 10.3 Å². The largest absolute Gasteiger partial charge is 0.493 e. The number of hydrogen-bond acceptors (Lipinski definition) is 4. The minimum Gasteiger partial charge on any atom is -0.493 e. The molecule has 1 aliphatic heterocycles. The molecule has 0 saturated carbocycles. The number of carboxylic acid groups (broad SMARTS) is 1. The lowest BCUT2D eigenvalue weighted by Crippen LogP contribution is -2.07. The number of ether oxygens (including phenoxy) is 2. The molecule has 0 bridgehead atoms. The van der Waals surface area contributed by atoms with Gasteiger partial charge in [-0.1, -0.05) is 0 Å². The van der Waals surface area contributed by atoms with Crippen molar-refractivity contribution in [3.05, 3.63) is 40.2 Å². The topological polar surface area (TPSA) is 101 Å². The Balaban J connectivity index is 1.86. The maximum atomic E-state index is 12.5. The van der Waals surface area contributed by atoms with Crippen LogP contribution in [0.25, 0.3) is 11.6 Å². The molecule has 0 saturated heterocycles. The maximum absolute atomic E-state index is 12.5. The molecule has 3 N–H and O–H groups in total. The Hall–Kier alpha value is -3.22. The molecule has 140 valence electrons. The predicted octanol–water partition coefficient (Wildman–Crippen LogP) is 3.10. The zero-order valence-electron chi connectivity index (χ0n) is 15.1. The highest BCUT2D eigenvalue weighted by atomic mass is 16.5. The molecule has 27 heavy (non-hydrogen) atoms. The van der Waals surface area contributed by atoms with Crippen molar-refractivity contribution in [1.29, 1.82) is 0 Å². The highest BCUT2D eigenvalue weighted by Crippen LogP contribution is 2.41. The lowest BCUT2D eigenvalue weighted by atomic mass is 9.94. The van der Waals surface area contributed by atoms with Crippen molar-refractivity contribution in [2.75, 3.05) is 19.5 Å². The van der Waals surface area contributed by atoms with Gasteiger partial charge in [-0.15, -0.1) is 0 Å². The van der Waals surface area contributed by atoms with Crippen molar-refractivity contribution in [1.82, 2.24) is 4.98 Å². The number of carbonyl (C=O) groups excluding carboxylic acids is 1. The standard InChI is InChI=1S/C20H20N2O5/c1-26-16-8-11-12(19(23)22-14(11)9-17(16)27-2)7-15-18(20(24)25)10-5-3-4-6-13(10)21-15/h7-9,21H,3-6H2,1-2H3,(H,22,23)(H,24,25). The molecule has 7 heteroatoms. The zero-order chi connectivity index (χ0) is 19.1. The van der Waals surface area contributed by atoms with Gasteiger partial charge in [0, 0.05) is 17.3 Å². The molecule has 1 aromatic heterocycles. The van der Waals surface area contributed by atoms with Crippen LogP contribution in [0.5, 0.6) is 11.5 Å². The van der Waals surface area contributed by atoms with Crippen LogP contribution in [0.1, 0.15) is 45.7 Å². The molecule has 0 unspecified atom stereocenters. The third kappa shape index (κ3) is 2.75. The molecule has 2 heterocycles. The van der Waals surface area contributed by atoms with Crippen LogP contribution in [0.3, 0.4) is 0 Å². The van der Waals surface area contributed by atoms with E-state index in [9.17, 15) is 14.7 Å². The summed E-state index contributed by atoms with van der Waals surface area (Å²) in [6.07, 6.45) is 5.19. The van der Waals surface area contributed by atoms with Crippen LogP contribution in [0.4, 0.5) is 5.69 Å². The van der Waals surface area contributed by atoms with Crippen LogP contribution in [0.15, 0.2) is 12.1 Å². The van der Waals surface area contributed by atoms with Crippen molar-refractivity contribution in [3.63, 3.8) is 0 Å². The van der Waals surface area contributed by atoms with E-state index in [0.29, 0.717) is 34.0 Å².